The molecular weight excluding hydrogens is 378 g/mol. The first-order chi connectivity index (χ1) is 14.6. The number of aromatic nitrogens is 2. The standard InChI is InChI=1S/C23H27N5O2/c1-25-12-20(24)23-13-26-21-7-6-16(10-22(21)27-23)28(14-15-4-5-15)17-8-18(29-2)11-19(9-17)30-3/h6-13,15,25H,4-5,14,24H2,1-3H3/b20-12-. The van der Waals surface area contributed by atoms with Gasteiger partial charge in [0.1, 0.15) is 17.2 Å². The van der Waals surface area contributed by atoms with Crippen LogP contribution in [0, 0.1) is 5.92 Å². The quantitative estimate of drug-likeness (QED) is 0.591. The fourth-order valence-corrected chi connectivity index (χ4v) is 3.40. The van der Waals surface area contributed by atoms with Crippen LogP contribution in [0.4, 0.5) is 11.4 Å². The number of ether oxygens (including phenoxy) is 2. The summed E-state index contributed by atoms with van der Waals surface area (Å²) in [6.45, 7) is 0.927. The highest BCUT2D eigenvalue weighted by atomic mass is 16.5. The van der Waals surface area contributed by atoms with Crippen molar-refractivity contribution in [2.24, 2.45) is 11.7 Å². The third kappa shape index (κ3) is 4.25. The van der Waals surface area contributed by atoms with Gasteiger partial charge in [0, 0.05) is 49.4 Å². The minimum Gasteiger partial charge on any atom is -0.497 e. The first-order valence-corrected chi connectivity index (χ1v) is 10.0. The smallest absolute Gasteiger partial charge is 0.124 e. The van der Waals surface area contributed by atoms with Crippen LogP contribution >= 0.6 is 0 Å². The largest absolute Gasteiger partial charge is 0.497 e. The maximum absolute atomic E-state index is 6.08. The summed E-state index contributed by atoms with van der Waals surface area (Å²) in [4.78, 5) is 11.5. The predicted molar refractivity (Wildman–Crippen MR) is 120 cm³/mol. The molecule has 0 unspecified atom stereocenters. The molecule has 30 heavy (non-hydrogen) atoms. The van der Waals surface area contributed by atoms with Gasteiger partial charge in [-0.2, -0.15) is 0 Å². The summed E-state index contributed by atoms with van der Waals surface area (Å²) in [5, 5.41) is 2.93. The number of methoxy groups -OCH3 is 2. The zero-order chi connectivity index (χ0) is 21.1. The Bertz CT molecular complexity index is 1060. The molecule has 4 rings (SSSR count). The topological polar surface area (TPSA) is 85.5 Å². The molecule has 1 aliphatic carbocycles. The molecule has 0 amide bonds. The molecule has 0 spiro atoms. The Hall–Kier alpha value is -3.48. The summed E-state index contributed by atoms with van der Waals surface area (Å²) < 4.78 is 11.0. The van der Waals surface area contributed by atoms with Crippen molar-refractivity contribution in [2.75, 3.05) is 32.7 Å². The summed E-state index contributed by atoms with van der Waals surface area (Å²) >= 11 is 0. The number of fused-ring (bicyclic) bond motifs is 1. The van der Waals surface area contributed by atoms with E-state index in [2.05, 4.69) is 27.3 Å². The number of nitrogens with zero attached hydrogens (tertiary/aromatic N) is 3. The van der Waals surface area contributed by atoms with E-state index in [1.807, 2.05) is 24.3 Å². The van der Waals surface area contributed by atoms with Gasteiger partial charge in [0.2, 0.25) is 0 Å². The molecule has 0 radical (unpaired) electrons. The summed E-state index contributed by atoms with van der Waals surface area (Å²) in [5.41, 5.74) is 11.0. The van der Waals surface area contributed by atoms with Gasteiger partial charge in [-0.25, -0.2) is 4.98 Å². The number of anilines is 2. The number of hydrogen-bond acceptors (Lipinski definition) is 7. The third-order valence-corrected chi connectivity index (χ3v) is 5.22. The zero-order valence-corrected chi connectivity index (χ0v) is 17.6. The van der Waals surface area contributed by atoms with Gasteiger partial charge in [0.25, 0.3) is 0 Å². The van der Waals surface area contributed by atoms with E-state index in [0.29, 0.717) is 17.3 Å². The fourth-order valence-electron chi connectivity index (χ4n) is 3.40. The van der Waals surface area contributed by atoms with Gasteiger partial charge >= 0.3 is 0 Å². The Morgan fingerprint density at radius 1 is 1.10 bits per heavy atom. The molecule has 3 aromatic rings. The van der Waals surface area contributed by atoms with Crippen molar-refractivity contribution in [1.82, 2.24) is 15.3 Å². The van der Waals surface area contributed by atoms with E-state index in [1.54, 1.807) is 33.7 Å². The second-order valence-electron chi connectivity index (χ2n) is 7.44. The Morgan fingerprint density at radius 2 is 1.83 bits per heavy atom. The summed E-state index contributed by atoms with van der Waals surface area (Å²) in [7, 11) is 5.14. The highest BCUT2D eigenvalue weighted by Gasteiger charge is 2.26. The van der Waals surface area contributed by atoms with Crippen LogP contribution in [0.1, 0.15) is 18.5 Å². The van der Waals surface area contributed by atoms with Crippen LogP contribution in [0.3, 0.4) is 0 Å². The van der Waals surface area contributed by atoms with Crippen molar-refractivity contribution in [3.05, 3.63) is 54.5 Å². The lowest BCUT2D eigenvalue weighted by atomic mass is 10.1. The molecule has 0 atom stereocenters. The van der Waals surface area contributed by atoms with Crippen LogP contribution in [0.5, 0.6) is 11.5 Å². The van der Waals surface area contributed by atoms with Crippen molar-refractivity contribution in [3.63, 3.8) is 0 Å². The molecule has 7 heteroatoms. The minimum atomic E-state index is 0.546. The summed E-state index contributed by atoms with van der Waals surface area (Å²) in [6, 6.07) is 12.1. The van der Waals surface area contributed by atoms with Crippen LogP contribution < -0.4 is 25.4 Å². The average molecular weight is 406 g/mol. The average Bonchev–Trinajstić information content (AvgIpc) is 3.60. The number of nitrogens with one attached hydrogen (secondary N) is 1. The van der Waals surface area contributed by atoms with Crippen molar-refractivity contribution in [2.45, 2.75) is 12.8 Å². The normalized spacial score (nSPS) is 13.9. The van der Waals surface area contributed by atoms with Crippen molar-refractivity contribution in [3.8, 4) is 11.5 Å². The molecule has 0 aliphatic heterocycles. The van der Waals surface area contributed by atoms with Crippen LogP contribution in [-0.2, 0) is 0 Å². The van der Waals surface area contributed by atoms with Gasteiger partial charge in [-0.1, -0.05) is 0 Å². The van der Waals surface area contributed by atoms with E-state index >= 15 is 0 Å². The number of benzene rings is 2. The Morgan fingerprint density at radius 3 is 2.47 bits per heavy atom. The summed E-state index contributed by atoms with van der Waals surface area (Å²) in [6.07, 6.45) is 5.91. The van der Waals surface area contributed by atoms with E-state index in [4.69, 9.17) is 20.2 Å². The van der Waals surface area contributed by atoms with Crippen molar-refractivity contribution < 1.29 is 9.47 Å². The molecule has 156 valence electrons. The van der Waals surface area contributed by atoms with E-state index in [-0.39, 0.29) is 0 Å². The van der Waals surface area contributed by atoms with Crippen LogP contribution in [0.25, 0.3) is 16.7 Å². The van der Waals surface area contributed by atoms with Crippen molar-refractivity contribution >= 4 is 28.1 Å². The monoisotopic (exact) mass is 405 g/mol. The first-order valence-electron chi connectivity index (χ1n) is 10.0. The van der Waals surface area contributed by atoms with Crippen LogP contribution in [-0.4, -0.2) is 37.8 Å². The first kappa shape index (κ1) is 19.8. The molecule has 7 nitrogen and oxygen atoms in total. The highest BCUT2D eigenvalue weighted by molar-refractivity contribution is 5.82. The molecule has 1 aliphatic rings. The molecule has 0 bridgehead atoms. The molecule has 0 saturated heterocycles. The van der Waals surface area contributed by atoms with Crippen molar-refractivity contribution in [1.29, 1.82) is 0 Å². The van der Waals surface area contributed by atoms with E-state index in [1.165, 1.54) is 12.8 Å². The lowest BCUT2D eigenvalue weighted by Gasteiger charge is -2.26. The Labute approximate surface area is 176 Å². The third-order valence-electron chi connectivity index (χ3n) is 5.22. The van der Waals surface area contributed by atoms with E-state index in [9.17, 15) is 0 Å². The second-order valence-corrected chi connectivity index (χ2v) is 7.44. The number of nitrogens with two attached hydrogens (primary N) is 1. The fraction of sp³-hybridized carbons (Fsp3) is 0.304. The second kappa shape index (κ2) is 8.49. The van der Waals surface area contributed by atoms with Gasteiger partial charge in [0.15, 0.2) is 0 Å². The van der Waals surface area contributed by atoms with Crippen LogP contribution in [0.15, 0.2) is 48.8 Å². The highest BCUT2D eigenvalue weighted by Crippen LogP contribution is 2.38. The maximum Gasteiger partial charge on any atom is 0.124 e. The van der Waals surface area contributed by atoms with Gasteiger partial charge in [-0.3, -0.25) is 4.98 Å². The number of rotatable bonds is 8. The molecule has 1 heterocycles. The predicted octanol–water partition coefficient (Wildman–Crippen LogP) is 3.67. The molecule has 1 saturated carbocycles. The van der Waals surface area contributed by atoms with E-state index < -0.39 is 0 Å². The number of hydrogen-bond donors (Lipinski definition) is 2. The minimum absolute atomic E-state index is 0.546. The van der Waals surface area contributed by atoms with Gasteiger partial charge < -0.3 is 25.4 Å². The SMILES string of the molecule is CN/C=C(\N)c1cnc2ccc(N(CC3CC3)c3cc(OC)cc(OC)c3)cc2n1. The lowest BCUT2D eigenvalue weighted by Crippen LogP contribution is -2.20. The zero-order valence-electron chi connectivity index (χ0n) is 17.6. The van der Waals surface area contributed by atoms with Gasteiger partial charge in [-0.15, -0.1) is 0 Å². The van der Waals surface area contributed by atoms with E-state index in [0.717, 1.165) is 40.5 Å². The maximum atomic E-state index is 6.08. The molecule has 2 aromatic carbocycles. The Balaban J connectivity index is 1.78. The Kier molecular flexibility index (Phi) is 5.61. The van der Waals surface area contributed by atoms with Gasteiger partial charge in [-0.05, 0) is 37.0 Å². The van der Waals surface area contributed by atoms with Crippen LogP contribution in [0.2, 0.25) is 0 Å². The molecular formula is C23H27N5O2. The molecule has 1 aromatic heterocycles. The lowest BCUT2D eigenvalue weighted by molar-refractivity contribution is 0.394. The molecule has 1 fully saturated rings. The van der Waals surface area contributed by atoms with Gasteiger partial charge in [0.05, 0.1) is 37.1 Å². The molecule has 3 N–H and O–H groups in total. The summed E-state index contributed by atoms with van der Waals surface area (Å²) in [5.74, 6) is 2.21.